The molecule has 27 heavy (non-hydrogen) atoms. The molecule has 0 saturated heterocycles. The van der Waals surface area contributed by atoms with Crippen LogP contribution in [0.5, 0.6) is 0 Å². The van der Waals surface area contributed by atoms with Crippen LogP contribution in [-0.2, 0) is 11.2 Å². The number of Topliss-reactive ketones (excluding diaryl/α,β-unsaturated/α-hetero) is 1. The lowest BCUT2D eigenvalue weighted by molar-refractivity contribution is -0.121. The maximum atomic E-state index is 13.4. The van der Waals surface area contributed by atoms with E-state index in [1.807, 2.05) is 30.6 Å². The van der Waals surface area contributed by atoms with Crippen molar-refractivity contribution in [3.8, 4) is 0 Å². The van der Waals surface area contributed by atoms with Gasteiger partial charge in [0.1, 0.15) is 0 Å². The van der Waals surface area contributed by atoms with Crippen LogP contribution in [0.4, 0.5) is 0 Å². The van der Waals surface area contributed by atoms with Crippen LogP contribution in [0.2, 0.25) is 0 Å². The van der Waals surface area contributed by atoms with E-state index in [2.05, 4.69) is 54.4 Å². The minimum atomic E-state index is -0.309. The molecule has 2 aliphatic heterocycles. The number of rotatable bonds is 4. The van der Waals surface area contributed by atoms with Crippen LogP contribution in [0.1, 0.15) is 19.4 Å². The van der Waals surface area contributed by atoms with E-state index in [0.29, 0.717) is 6.42 Å². The number of hydrogen-bond acceptors (Lipinski definition) is 4. The highest BCUT2D eigenvalue weighted by Crippen LogP contribution is 2.31. The first-order valence-corrected chi connectivity index (χ1v) is 9.45. The third kappa shape index (κ3) is 3.17. The van der Waals surface area contributed by atoms with E-state index in [4.69, 9.17) is 5.73 Å². The third-order valence-corrected chi connectivity index (χ3v) is 5.43. The van der Waals surface area contributed by atoms with Crippen molar-refractivity contribution in [3.63, 3.8) is 0 Å². The number of benzene rings is 2. The molecule has 2 aromatic rings. The smallest absolute Gasteiger partial charge is 0.187 e. The molecular formula is C23H25N3O. The lowest BCUT2D eigenvalue weighted by Gasteiger charge is -2.41. The molecule has 0 amide bonds. The second kappa shape index (κ2) is 7.05. The second-order valence-corrected chi connectivity index (χ2v) is 7.55. The van der Waals surface area contributed by atoms with Crippen molar-refractivity contribution < 1.29 is 4.79 Å². The Bertz CT molecular complexity index is 965. The normalized spacial score (nSPS) is 20.2. The molecule has 4 rings (SSSR count). The fraction of sp³-hybridized carbons (Fsp3) is 0.261. The van der Waals surface area contributed by atoms with Crippen LogP contribution in [0, 0.1) is 5.92 Å². The highest BCUT2D eigenvalue weighted by Gasteiger charge is 2.36. The largest absolute Gasteiger partial charge is 0.367 e. The highest BCUT2D eigenvalue weighted by molar-refractivity contribution is 6.05. The molecule has 0 bridgehead atoms. The van der Waals surface area contributed by atoms with Crippen LogP contribution in [0.25, 0.3) is 10.8 Å². The van der Waals surface area contributed by atoms with Gasteiger partial charge in [-0.2, -0.15) is 0 Å². The van der Waals surface area contributed by atoms with Gasteiger partial charge in [0.25, 0.3) is 0 Å². The molecule has 138 valence electrons. The van der Waals surface area contributed by atoms with Gasteiger partial charge in [0.15, 0.2) is 5.78 Å². The number of nitrogens with one attached hydrogen (secondary N) is 1. The van der Waals surface area contributed by atoms with Crippen LogP contribution in [-0.4, -0.2) is 22.9 Å². The average molecular weight is 359 g/mol. The minimum Gasteiger partial charge on any atom is -0.367 e. The average Bonchev–Trinajstić information content (AvgIpc) is 2.69. The van der Waals surface area contributed by atoms with Crippen molar-refractivity contribution in [2.75, 3.05) is 0 Å². The molecule has 2 atom stereocenters. The van der Waals surface area contributed by atoms with E-state index in [-0.39, 0.29) is 23.9 Å². The van der Waals surface area contributed by atoms with Crippen LogP contribution in [0.15, 0.2) is 78.3 Å². The summed E-state index contributed by atoms with van der Waals surface area (Å²) in [6.07, 6.45) is 8.03. The monoisotopic (exact) mass is 359 g/mol. The van der Waals surface area contributed by atoms with Crippen molar-refractivity contribution in [2.24, 2.45) is 11.7 Å². The molecule has 4 heteroatoms. The molecule has 0 saturated carbocycles. The fourth-order valence-electron chi connectivity index (χ4n) is 3.85. The lowest BCUT2D eigenvalue weighted by Crippen LogP contribution is -2.54. The Morgan fingerprint density at radius 2 is 1.93 bits per heavy atom. The predicted molar refractivity (Wildman–Crippen MR) is 110 cm³/mol. The summed E-state index contributed by atoms with van der Waals surface area (Å²) in [5, 5.41) is 5.42. The van der Waals surface area contributed by atoms with E-state index >= 15 is 0 Å². The van der Waals surface area contributed by atoms with Crippen molar-refractivity contribution >= 4 is 16.6 Å². The molecule has 2 aliphatic rings. The number of nitrogens with two attached hydrogens (primary N) is 1. The number of ketones is 1. The Hall–Kier alpha value is -2.85. The van der Waals surface area contributed by atoms with Gasteiger partial charge < -0.3 is 16.0 Å². The Morgan fingerprint density at radius 3 is 2.74 bits per heavy atom. The molecule has 4 nitrogen and oxygen atoms in total. The Balaban J connectivity index is 1.77. The SMILES string of the molecule is CC(C)C(N)N1C=C2C=CNC=C2C(=O)C1Cc1cccc2ccccc12. The highest BCUT2D eigenvalue weighted by atomic mass is 16.1. The predicted octanol–water partition coefficient (Wildman–Crippen LogP) is 3.46. The van der Waals surface area contributed by atoms with Gasteiger partial charge >= 0.3 is 0 Å². The first kappa shape index (κ1) is 17.6. The van der Waals surface area contributed by atoms with Crippen molar-refractivity contribution in [3.05, 3.63) is 83.9 Å². The molecule has 3 N–H and O–H groups in total. The van der Waals surface area contributed by atoms with Crippen molar-refractivity contribution in [1.82, 2.24) is 10.2 Å². The molecule has 0 spiro atoms. The van der Waals surface area contributed by atoms with E-state index in [1.54, 1.807) is 6.20 Å². The summed E-state index contributed by atoms with van der Waals surface area (Å²) in [5.74, 6) is 0.356. The number of hydrogen-bond donors (Lipinski definition) is 2. The quantitative estimate of drug-likeness (QED) is 0.878. The zero-order valence-electron chi connectivity index (χ0n) is 15.7. The zero-order valence-corrected chi connectivity index (χ0v) is 15.7. The van der Waals surface area contributed by atoms with E-state index in [1.165, 1.54) is 16.3 Å². The standard InChI is InChI=1S/C23H25N3O/c1-15(2)23(24)26-14-18-10-11-25-13-20(18)22(27)21(26)12-17-8-5-7-16-6-3-4-9-19(16)17/h3-11,13-15,21,23,25H,12,24H2,1-2H3. The van der Waals surface area contributed by atoms with Gasteiger partial charge in [-0.25, -0.2) is 0 Å². The first-order valence-electron chi connectivity index (χ1n) is 9.45. The number of nitrogens with zero attached hydrogens (tertiary/aromatic N) is 1. The zero-order chi connectivity index (χ0) is 19.0. The minimum absolute atomic E-state index is 0.119. The molecule has 0 fully saturated rings. The number of allylic oxidation sites excluding steroid dienone is 2. The fourth-order valence-corrected chi connectivity index (χ4v) is 3.85. The third-order valence-electron chi connectivity index (χ3n) is 5.43. The summed E-state index contributed by atoms with van der Waals surface area (Å²) < 4.78 is 0. The van der Waals surface area contributed by atoms with Gasteiger partial charge in [-0.3, -0.25) is 4.79 Å². The lowest BCUT2D eigenvalue weighted by atomic mass is 9.86. The molecule has 2 aromatic carbocycles. The van der Waals surface area contributed by atoms with Gasteiger partial charge in [0.05, 0.1) is 12.2 Å². The Kier molecular flexibility index (Phi) is 4.58. The second-order valence-electron chi connectivity index (χ2n) is 7.55. The molecule has 2 heterocycles. The van der Waals surface area contributed by atoms with Crippen LogP contribution < -0.4 is 11.1 Å². The summed E-state index contributed by atoms with van der Waals surface area (Å²) in [7, 11) is 0. The summed E-state index contributed by atoms with van der Waals surface area (Å²) in [5.41, 5.74) is 9.32. The number of dihydropyridines is 1. The first-order chi connectivity index (χ1) is 13.1. The van der Waals surface area contributed by atoms with Gasteiger partial charge in [-0.15, -0.1) is 0 Å². The van der Waals surface area contributed by atoms with E-state index < -0.39 is 0 Å². The summed E-state index contributed by atoms with van der Waals surface area (Å²) >= 11 is 0. The van der Waals surface area contributed by atoms with Crippen molar-refractivity contribution in [2.45, 2.75) is 32.5 Å². The van der Waals surface area contributed by atoms with Gasteiger partial charge in [-0.1, -0.05) is 56.3 Å². The van der Waals surface area contributed by atoms with Crippen molar-refractivity contribution in [1.29, 1.82) is 0 Å². The summed E-state index contributed by atoms with van der Waals surface area (Å²) in [4.78, 5) is 15.4. The van der Waals surface area contributed by atoms with E-state index in [9.17, 15) is 4.79 Å². The topological polar surface area (TPSA) is 58.4 Å². The maximum Gasteiger partial charge on any atom is 0.187 e. The maximum absolute atomic E-state index is 13.4. The molecule has 2 unspecified atom stereocenters. The molecule has 0 radical (unpaired) electrons. The van der Waals surface area contributed by atoms with Crippen LogP contribution in [0.3, 0.4) is 0 Å². The Labute approximate surface area is 160 Å². The van der Waals surface area contributed by atoms with Crippen LogP contribution >= 0.6 is 0 Å². The number of carbonyl (C=O) groups is 1. The summed E-state index contributed by atoms with van der Waals surface area (Å²) in [6, 6.07) is 14.3. The number of fused-ring (bicyclic) bond motifs is 2. The Morgan fingerprint density at radius 1 is 1.15 bits per heavy atom. The molecular weight excluding hydrogens is 334 g/mol. The summed E-state index contributed by atoms with van der Waals surface area (Å²) in [6.45, 7) is 4.18. The van der Waals surface area contributed by atoms with Gasteiger partial charge in [-0.05, 0) is 28.3 Å². The van der Waals surface area contributed by atoms with Gasteiger partial charge in [0.2, 0.25) is 0 Å². The number of carbonyl (C=O) groups excluding carboxylic acids is 1. The van der Waals surface area contributed by atoms with E-state index in [0.717, 1.165) is 11.1 Å². The molecule has 0 aliphatic carbocycles. The molecule has 0 aromatic heterocycles. The van der Waals surface area contributed by atoms with Gasteiger partial charge in [0, 0.05) is 36.2 Å².